The number of rotatable bonds is 6. The second-order valence-electron chi connectivity index (χ2n) is 4.55. The predicted octanol–water partition coefficient (Wildman–Crippen LogP) is 1.92. The standard InChI is InChI=1S/C15H13N3O4S2/c1-10(14(20)17-15-11(8-16)5-7-23-15)22-13(19)9-24-12-4-2-3-6-18(12)21/h2-7,10H,9H2,1H3,(H,17,20)/t10-/m0/s1. The number of pyridine rings is 1. The molecule has 0 aliphatic rings. The van der Waals surface area contributed by atoms with Crippen LogP contribution in [-0.4, -0.2) is 23.7 Å². The maximum atomic E-state index is 12.0. The van der Waals surface area contributed by atoms with E-state index >= 15 is 0 Å². The van der Waals surface area contributed by atoms with Crippen LogP contribution in [0.3, 0.4) is 0 Å². The summed E-state index contributed by atoms with van der Waals surface area (Å²) in [6, 6.07) is 8.40. The Bertz CT molecular complexity index is 785. The van der Waals surface area contributed by atoms with Crippen molar-refractivity contribution in [2.75, 3.05) is 11.1 Å². The van der Waals surface area contributed by atoms with Crippen molar-refractivity contribution in [2.45, 2.75) is 18.1 Å². The molecule has 2 aromatic rings. The van der Waals surface area contributed by atoms with Gasteiger partial charge in [0, 0.05) is 12.1 Å². The molecule has 1 N–H and O–H groups in total. The minimum absolute atomic E-state index is 0.0910. The van der Waals surface area contributed by atoms with Gasteiger partial charge in [-0.15, -0.1) is 11.3 Å². The summed E-state index contributed by atoms with van der Waals surface area (Å²) in [5.41, 5.74) is 0.353. The van der Waals surface area contributed by atoms with Crippen molar-refractivity contribution in [2.24, 2.45) is 0 Å². The molecule has 0 saturated carbocycles. The molecule has 0 spiro atoms. The van der Waals surface area contributed by atoms with Crippen LogP contribution < -0.4 is 10.0 Å². The number of nitrogens with zero attached hydrogens (tertiary/aromatic N) is 2. The van der Waals surface area contributed by atoms with Gasteiger partial charge in [-0.25, -0.2) is 0 Å². The molecule has 1 amide bonds. The van der Waals surface area contributed by atoms with Crippen molar-refractivity contribution in [3.05, 3.63) is 46.6 Å². The SMILES string of the molecule is C[C@H](OC(=O)CSc1cccc[n+]1[O-])C(=O)Nc1sccc1C#N. The Balaban J connectivity index is 1.84. The van der Waals surface area contributed by atoms with Crippen LogP contribution in [0.15, 0.2) is 40.9 Å². The Morgan fingerprint density at radius 1 is 1.50 bits per heavy atom. The highest BCUT2D eigenvalue weighted by molar-refractivity contribution is 7.99. The summed E-state index contributed by atoms with van der Waals surface area (Å²) in [6.45, 7) is 1.44. The monoisotopic (exact) mass is 363 g/mol. The maximum Gasteiger partial charge on any atom is 0.317 e. The van der Waals surface area contributed by atoms with Gasteiger partial charge in [-0.2, -0.15) is 9.99 Å². The molecule has 0 bridgehead atoms. The second kappa shape index (κ2) is 8.33. The normalized spacial score (nSPS) is 11.3. The Kier molecular flexibility index (Phi) is 6.17. The number of esters is 1. The van der Waals surface area contributed by atoms with Crippen molar-refractivity contribution in [1.82, 2.24) is 0 Å². The number of hydrogen-bond donors (Lipinski definition) is 1. The number of thioether (sulfide) groups is 1. The fraction of sp³-hybridized carbons (Fsp3) is 0.200. The highest BCUT2D eigenvalue weighted by Crippen LogP contribution is 2.22. The molecule has 124 valence electrons. The molecule has 7 nitrogen and oxygen atoms in total. The van der Waals surface area contributed by atoms with Gasteiger partial charge in [-0.3, -0.25) is 9.59 Å². The summed E-state index contributed by atoms with van der Waals surface area (Å²) in [7, 11) is 0. The van der Waals surface area contributed by atoms with Crippen LogP contribution in [0.2, 0.25) is 0 Å². The summed E-state index contributed by atoms with van der Waals surface area (Å²) in [5, 5.41) is 25.4. The largest absolute Gasteiger partial charge is 0.618 e. The van der Waals surface area contributed by atoms with E-state index in [-0.39, 0.29) is 5.75 Å². The number of ether oxygens (including phenoxy) is 1. The van der Waals surface area contributed by atoms with E-state index in [4.69, 9.17) is 10.00 Å². The number of thiophene rings is 1. The first kappa shape index (κ1) is 17.8. The van der Waals surface area contributed by atoms with Gasteiger partial charge in [0.05, 0.1) is 5.56 Å². The topological polar surface area (TPSA) is 106 Å². The number of carbonyl (C=O) groups is 2. The first-order chi connectivity index (χ1) is 11.5. The molecule has 0 aliphatic heterocycles. The molecule has 0 unspecified atom stereocenters. The Labute approximate surface area is 146 Å². The lowest BCUT2D eigenvalue weighted by molar-refractivity contribution is -0.645. The summed E-state index contributed by atoms with van der Waals surface area (Å²) in [6.07, 6.45) is 0.319. The van der Waals surface area contributed by atoms with Gasteiger partial charge >= 0.3 is 5.97 Å². The third kappa shape index (κ3) is 4.71. The fourth-order valence-corrected chi connectivity index (χ4v) is 3.09. The zero-order chi connectivity index (χ0) is 17.5. The van der Waals surface area contributed by atoms with Crippen LogP contribution in [0.1, 0.15) is 12.5 Å². The lowest BCUT2D eigenvalue weighted by atomic mass is 10.3. The smallest absolute Gasteiger partial charge is 0.317 e. The van der Waals surface area contributed by atoms with E-state index in [0.717, 1.165) is 11.8 Å². The Morgan fingerprint density at radius 3 is 3.00 bits per heavy atom. The fourth-order valence-electron chi connectivity index (χ4n) is 1.65. The number of hydrogen-bond acceptors (Lipinski definition) is 7. The average molecular weight is 363 g/mol. The predicted molar refractivity (Wildman–Crippen MR) is 89.3 cm³/mol. The minimum atomic E-state index is -1.01. The van der Waals surface area contributed by atoms with E-state index in [1.807, 2.05) is 6.07 Å². The molecule has 24 heavy (non-hydrogen) atoms. The van der Waals surface area contributed by atoms with Gasteiger partial charge in [0.15, 0.2) is 12.3 Å². The third-order valence-corrected chi connectivity index (χ3v) is 4.65. The van der Waals surface area contributed by atoms with E-state index < -0.39 is 18.0 Å². The molecule has 0 fully saturated rings. The molecular weight excluding hydrogens is 350 g/mol. The molecule has 0 radical (unpaired) electrons. The number of carbonyl (C=O) groups excluding carboxylic acids is 2. The zero-order valence-corrected chi connectivity index (χ0v) is 14.2. The summed E-state index contributed by atoms with van der Waals surface area (Å²) in [5.74, 6) is -1.23. The van der Waals surface area contributed by atoms with Crippen LogP contribution in [0, 0.1) is 16.5 Å². The van der Waals surface area contributed by atoms with Crippen molar-refractivity contribution in [3.63, 3.8) is 0 Å². The van der Waals surface area contributed by atoms with E-state index in [9.17, 15) is 14.8 Å². The van der Waals surface area contributed by atoms with E-state index in [1.54, 1.807) is 29.6 Å². The van der Waals surface area contributed by atoms with Gasteiger partial charge in [-0.05, 0) is 36.2 Å². The molecule has 0 aliphatic carbocycles. The Hall–Kier alpha value is -2.57. The average Bonchev–Trinajstić information content (AvgIpc) is 3.01. The van der Waals surface area contributed by atoms with Gasteiger partial charge < -0.3 is 15.3 Å². The number of anilines is 1. The van der Waals surface area contributed by atoms with Gasteiger partial charge in [0.25, 0.3) is 10.9 Å². The van der Waals surface area contributed by atoms with E-state index in [0.29, 0.717) is 20.3 Å². The highest BCUT2D eigenvalue weighted by Gasteiger charge is 2.20. The lowest BCUT2D eigenvalue weighted by Gasteiger charge is -2.12. The van der Waals surface area contributed by atoms with Crippen LogP contribution >= 0.6 is 23.1 Å². The molecule has 2 rings (SSSR count). The van der Waals surface area contributed by atoms with Crippen molar-refractivity contribution in [1.29, 1.82) is 5.26 Å². The third-order valence-electron chi connectivity index (χ3n) is 2.83. The number of amides is 1. The van der Waals surface area contributed by atoms with Gasteiger partial charge in [-0.1, -0.05) is 0 Å². The molecule has 2 heterocycles. The zero-order valence-electron chi connectivity index (χ0n) is 12.6. The summed E-state index contributed by atoms with van der Waals surface area (Å²) >= 11 is 2.23. The number of nitriles is 1. The quantitative estimate of drug-likeness (QED) is 0.364. The summed E-state index contributed by atoms with van der Waals surface area (Å²) in [4.78, 5) is 23.8. The first-order valence-electron chi connectivity index (χ1n) is 6.80. The molecule has 9 heteroatoms. The van der Waals surface area contributed by atoms with Crippen molar-refractivity contribution in [3.8, 4) is 6.07 Å². The van der Waals surface area contributed by atoms with Crippen molar-refractivity contribution < 1.29 is 19.1 Å². The van der Waals surface area contributed by atoms with E-state index in [2.05, 4.69) is 5.32 Å². The molecule has 1 atom stereocenters. The molecule has 0 aromatic carbocycles. The maximum absolute atomic E-state index is 12.0. The molecular formula is C15H13N3O4S2. The van der Waals surface area contributed by atoms with E-state index in [1.165, 1.54) is 24.5 Å². The van der Waals surface area contributed by atoms with Crippen LogP contribution in [0.4, 0.5) is 5.00 Å². The molecule has 0 saturated heterocycles. The first-order valence-corrected chi connectivity index (χ1v) is 8.66. The van der Waals surface area contributed by atoms with Crippen LogP contribution in [-0.2, 0) is 14.3 Å². The van der Waals surface area contributed by atoms with Crippen LogP contribution in [0.25, 0.3) is 0 Å². The van der Waals surface area contributed by atoms with Crippen LogP contribution in [0.5, 0.6) is 0 Å². The second-order valence-corrected chi connectivity index (χ2v) is 6.46. The Morgan fingerprint density at radius 2 is 2.29 bits per heavy atom. The van der Waals surface area contributed by atoms with Gasteiger partial charge in [0.1, 0.15) is 16.8 Å². The minimum Gasteiger partial charge on any atom is -0.618 e. The molecule has 2 aromatic heterocycles. The van der Waals surface area contributed by atoms with Gasteiger partial charge in [0.2, 0.25) is 0 Å². The highest BCUT2D eigenvalue weighted by atomic mass is 32.2. The summed E-state index contributed by atoms with van der Waals surface area (Å²) < 4.78 is 5.68. The van der Waals surface area contributed by atoms with Crippen molar-refractivity contribution >= 4 is 40.0 Å². The number of nitrogens with one attached hydrogen (secondary N) is 1. The number of aromatic nitrogens is 1. The lowest BCUT2D eigenvalue weighted by Crippen LogP contribution is -2.31.